The van der Waals surface area contributed by atoms with Gasteiger partial charge in [-0.15, -0.1) is 11.6 Å². The van der Waals surface area contributed by atoms with Crippen LogP contribution in [-0.2, 0) is 4.79 Å². The van der Waals surface area contributed by atoms with Crippen LogP contribution in [0.3, 0.4) is 0 Å². The number of hydrogen-bond acceptors (Lipinski definition) is 3. The number of piperidine rings is 1. The lowest BCUT2D eigenvalue weighted by Gasteiger charge is -2.35. The van der Waals surface area contributed by atoms with E-state index >= 15 is 0 Å². The third-order valence-electron chi connectivity index (χ3n) is 4.40. The van der Waals surface area contributed by atoms with Crippen LogP contribution in [0.5, 0.6) is 0 Å². The summed E-state index contributed by atoms with van der Waals surface area (Å²) in [7, 11) is 0. The Bertz CT molecular complexity index is 394. The quantitative estimate of drug-likeness (QED) is 0.334. The highest BCUT2D eigenvalue weighted by atomic mass is 79.9. The lowest BCUT2D eigenvalue weighted by Crippen LogP contribution is -2.59. The molecule has 0 aromatic heterocycles. The molecule has 9 heteroatoms. The highest BCUT2D eigenvalue weighted by molar-refractivity contribution is 9.09. The Morgan fingerprint density at radius 3 is 2.30 bits per heavy atom. The first-order chi connectivity index (χ1) is 10.8. The van der Waals surface area contributed by atoms with Gasteiger partial charge in [-0.2, -0.15) is 0 Å². The van der Waals surface area contributed by atoms with Crippen molar-refractivity contribution in [2.24, 2.45) is 5.92 Å². The molecule has 134 valence electrons. The van der Waals surface area contributed by atoms with Crippen LogP contribution in [-0.4, -0.2) is 38.8 Å². The van der Waals surface area contributed by atoms with Gasteiger partial charge in [-0.05, 0) is 38.5 Å². The molecule has 1 heterocycles. The monoisotopic (exact) mass is 467 g/mol. The first-order valence-corrected chi connectivity index (χ1v) is 10.4. The normalized spacial score (nSPS) is 34.0. The van der Waals surface area contributed by atoms with E-state index in [0.29, 0.717) is 6.54 Å². The summed E-state index contributed by atoms with van der Waals surface area (Å²) < 4.78 is -1.60. The van der Waals surface area contributed by atoms with Crippen molar-refractivity contribution in [2.75, 3.05) is 6.54 Å². The maximum atomic E-state index is 12.5. The lowest BCUT2D eigenvalue weighted by molar-refractivity contribution is -0.126. The fraction of sp³-hybridized carbons (Fsp3) is 0.929. The van der Waals surface area contributed by atoms with Crippen molar-refractivity contribution in [3.05, 3.63) is 0 Å². The molecule has 0 bridgehead atoms. The third kappa shape index (κ3) is 6.69. The molecule has 23 heavy (non-hydrogen) atoms. The standard InChI is InChI=1S/C14H22BrCl4N3O/c15-11-6-1-8(7-20-11)12(23)22-13(14(17,18)19)21-10-4-2-9(16)3-5-10/h8-11,13,20-21H,1-7H2,(H,22,23). The summed E-state index contributed by atoms with van der Waals surface area (Å²) in [4.78, 5) is 12.7. The number of halogens is 5. The van der Waals surface area contributed by atoms with Crippen LogP contribution in [0.1, 0.15) is 38.5 Å². The second kappa shape index (κ2) is 9.11. The Morgan fingerprint density at radius 1 is 1.13 bits per heavy atom. The molecule has 3 unspecified atom stereocenters. The topological polar surface area (TPSA) is 53.2 Å². The van der Waals surface area contributed by atoms with Crippen molar-refractivity contribution in [2.45, 2.75) is 64.9 Å². The van der Waals surface area contributed by atoms with Crippen LogP contribution in [0.2, 0.25) is 0 Å². The van der Waals surface area contributed by atoms with Gasteiger partial charge in [0.05, 0.1) is 10.9 Å². The zero-order valence-electron chi connectivity index (χ0n) is 12.6. The van der Waals surface area contributed by atoms with Crippen LogP contribution in [0.25, 0.3) is 0 Å². The molecule has 2 fully saturated rings. The minimum atomic E-state index is -1.60. The van der Waals surface area contributed by atoms with Gasteiger partial charge in [0.1, 0.15) is 6.17 Å². The van der Waals surface area contributed by atoms with Crippen LogP contribution in [0, 0.1) is 5.92 Å². The summed E-state index contributed by atoms with van der Waals surface area (Å²) in [5.74, 6) is -0.203. The zero-order valence-corrected chi connectivity index (χ0v) is 17.2. The predicted octanol–water partition coefficient (Wildman–Crippen LogP) is 3.66. The van der Waals surface area contributed by atoms with E-state index in [1.807, 2.05) is 0 Å². The van der Waals surface area contributed by atoms with E-state index in [4.69, 9.17) is 46.4 Å². The molecule has 3 N–H and O–H groups in total. The average molecular weight is 470 g/mol. The van der Waals surface area contributed by atoms with E-state index in [2.05, 4.69) is 31.9 Å². The van der Waals surface area contributed by atoms with Gasteiger partial charge >= 0.3 is 0 Å². The molecule has 1 aliphatic heterocycles. The van der Waals surface area contributed by atoms with Gasteiger partial charge in [0.25, 0.3) is 0 Å². The average Bonchev–Trinajstić information content (AvgIpc) is 2.48. The molecule has 1 aliphatic carbocycles. The van der Waals surface area contributed by atoms with Crippen LogP contribution >= 0.6 is 62.3 Å². The summed E-state index contributed by atoms with van der Waals surface area (Å²) in [6, 6.07) is 0.197. The molecular formula is C14H22BrCl4N3O. The minimum Gasteiger partial charge on any atom is -0.336 e. The van der Waals surface area contributed by atoms with Crippen molar-refractivity contribution in [1.82, 2.24) is 16.0 Å². The summed E-state index contributed by atoms with van der Waals surface area (Å²) >= 11 is 27.8. The van der Waals surface area contributed by atoms with Crippen molar-refractivity contribution >= 4 is 68.2 Å². The lowest BCUT2D eigenvalue weighted by atomic mass is 9.95. The van der Waals surface area contributed by atoms with E-state index in [1.165, 1.54) is 0 Å². The smallest absolute Gasteiger partial charge is 0.225 e. The van der Waals surface area contributed by atoms with Crippen molar-refractivity contribution in [3.63, 3.8) is 0 Å². The first kappa shape index (κ1) is 20.3. The number of amides is 1. The summed E-state index contributed by atoms with van der Waals surface area (Å²) in [5.41, 5.74) is 0. The predicted molar refractivity (Wildman–Crippen MR) is 101 cm³/mol. The van der Waals surface area contributed by atoms with Gasteiger partial charge in [0.15, 0.2) is 0 Å². The number of nitrogens with one attached hydrogen (secondary N) is 3. The van der Waals surface area contributed by atoms with Gasteiger partial charge in [-0.3, -0.25) is 10.1 Å². The van der Waals surface area contributed by atoms with Crippen LogP contribution < -0.4 is 16.0 Å². The van der Waals surface area contributed by atoms with Crippen molar-refractivity contribution in [1.29, 1.82) is 0 Å². The van der Waals surface area contributed by atoms with Gasteiger partial charge in [-0.1, -0.05) is 50.7 Å². The number of alkyl halides is 5. The Balaban J connectivity index is 1.89. The third-order valence-corrected chi connectivity index (χ3v) is 6.27. The Kier molecular flexibility index (Phi) is 8.06. The fourth-order valence-corrected chi connectivity index (χ4v) is 4.03. The molecule has 1 saturated heterocycles. The second-order valence-electron chi connectivity index (χ2n) is 6.25. The van der Waals surface area contributed by atoms with E-state index in [-0.39, 0.29) is 28.2 Å². The second-order valence-corrected chi connectivity index (χ2v) is 10.3. The van der Waals surface area contributed by atoms with E-state index in [0.717, 1.165) is 38.5 Å². The maximum absolute atomic E-state index is 12.5. The van der Waals surface area contributed by atoms with Gasteiger partial charge in [0.2, 0.25) is 9.70 Å². The molecule has 4 nitrogen and oxygen atoms in total. The van der Waals surface area contributed by atoms with E-state index in [1.54, 1.807) is 0 Å². The summed E-state index contributed by atoms with van der Waals surface area (Å²) in [6.45, 7) is 0.617. The minimum absolute atomic E-state index is 0.0910. The highest BCUT2D eigenvalue weighted by Gasteiger charge is 2.37. The SMILES string of the molecule is O=C(NC(NC1CCC(Cl)CC1)C(Cl)(Cl)Cl)C1CCC(Br)NC1. The molecule has 3 atom stereocenters. The molecule has 2 rings (SSSR count). The number of rotatable bonds is 4. The Morgan fingerprint density at radius 2 is 1.78 bits per heavy atom. The molecule has 0 aromatic rings. The summed E-state index contributed by atoms with van der Waals surface area (Å²) in [5, 5.41) is 9.60. The maximum Gasteiger partial charge on any atom is 0.225 e. The van der Waals surface area contributed by atoms with Gasteiger partial charge in [-0.25, -0.2) is 0 Å². The van der Waals surface area contributed by atoms with Gasteiger partial charge < -0.3 is 10.6 Å². The van der Waals surface area contributed by atoms with Gasteiger partial charge in [0, 0.05) is 18.0 Å². The number of carbonyl (C=O) groups excluding carboxylic acids is 1. The zero-order chi connectivity index (χ0) is 17.0. The number of carbonyl (C=O) groups is 1. The number of hydrogen-bond donors (Lipinski definition) is 3. The van der Waals surface area contributed by atoms with Crippen molar-refractivity contribution < 1.29 is 4.79 Å². The summed E-state index contributed by atoms with van der Waals surface area (Å²) in [6.07, 6.45) is 4.67. The Hall–Kier alpha value is 1.03. The van der Waals surface area contributed by atoms with E-state index < -0.39 is 9.96 Å². The molecular weight excluding hydrogens is 448 g/mol. The van der Waals surface area contributed by atoms with E-state index in [9.17, 15) is 4.79 Å². The molecule has 0 spiro atoms. The first-order valence-electron chi connectivity index (χ1n) is 7.90. The van der Waals surface area contributed by atoms with Crippen LogP contribution in [0.4, 0.5) is 0 Å². The largest absolute Gasteiger partial charge is 0.336 e. The molecule has 2 aliphatic rings. The van der Waals surface area contributed by atoms with Crippen molar-refractivity contribution in [3.8, 4) is 0 Å². The molecule has 0 radical (unpaired) electrons. The van der Waals surface area contributed by atoms with Crippen LogP contribution in [0.15, 0.2) is 0 Å². The molecule has 1 amide bonds. The Labute approximate surface area is 165 Å². The molecule has 0 aromatic carbocycles. The fourth-order valence-electron chi connectivity index (χ4n) is 2.98. The molecule has 1 saturated carbocycles. The highest BCUT2D eigenvalue weighted by Crippen LogP contribution is 2.31.